The largest absolute Gasteiger partial charge is 0.438 e. The van der Waals surface area contributed by atoms with Gasteiger partial charge in [-0.1, -0.05) is 24.6 Å². The van der Waals surface area contributed by atoms with Crippen LogP contribution in [-0.4, -0.2) is 39.0 Å². The van der Waals surface area contributed by atoms with E-state index in [1.807, 2.05) is 0 Å². The van der Waals surface area contributed by atoms with Crippen LogP contribution in [0.15, 0.2) is 18.2 Å². The lowest BCUT2D eigenvalue weighted by molar-refractivity contribution is -0.158. The Hall–Kier alpha value is -2.01. The molecule has 2 aliphatic rings. The monoisotopic (exact) mass is 356 g/mol. The maximum atomic E-state index is 12.6. The van der Waals surface area contributed by atoms with Gasteiger partial charge in [0.15, 0.2) is 11.3 Å². The minimum absolute atomic E-state index is 0.384. The van der Waals surface area contributed by atoms with Crippen molar-refractivity contribution in [1.29, 1.82) is 0 Å². The lowest BCUT2D eigenvalue weighted by Crippen LogP contribution is -2.57. The van der Waals surface area contributed by atoms with E-state index in [0.717, 1.165) is 43.3 Å². The summed E-state index contributed by atoms with van der Waals surface area (Å²) in [6, 6.07) is 6.27. The SMILES string of the molecule is Cc1[nH]c2c(C)cccc2c1CCN1C(=O)OC2(CCCCC2)C1(C)O. The third kappa shape index (κ3) is 2.44. The average Bonchev–Trinajstić information content (AvgIpc) is 3.00. The molecule has 2 aromatic rings. The van der Waals surface area contributed by atoms with Crippen LogP contribution in [0.3, 0.4) is 0 Å². The van der Waals surface area contributed by atoms with Crippen LogP contribution in [-0.2, 0) is 11.2 Å². The highest BCUT2D eigenvalue weighted by Crippen LogP contribution is 2.47. The highest BCUT2D eigenvalue weighted by molar-refractivity contribution is 5.87. The van der Waals surface area contributed by atoms with Gasteiger partial charge >= 0.3 is 6.09 Å². The fraction of sp³-hybridized carbons (Fsp3) is 0.571. The second kappa shape index (κ2) is 6.02. The molecule has 1 aliphatic heterocycles. The second-order valence-electron chi connectivity index (χ2n) is 8.07. The first-order chi connectivity index (χ1) is 12.4. The molecule has 5 heteroatoms. The van der Waals surface area contributed by atoms with Gasteiger partial charge in [-0.2, -0.15) is 0 Å². The number of benzene rings is 1. The Bertz CT molecular complexity index is 846. The smallest absolute Gasteiger partial charge is 0.412 e. The van der Waals surface area contributed by atoms with E-state index in [9.17, 15) is 9.90 Å². The Kier molecular flexibility index (Phi) is 4.03. The molecule has 1 spiro atoms. The molecule has 140 valence electrons. The number of aromatic amines is 1. The van der Waals surface area contributed by atoms with E-state index in [1.165, 1.54) is 21.4 Å². The average molecular weight is 356 g/mol. The van der Waals surface area contributed by atoms with E-state index >= 15 is 0 Å². The molecular weight excluding hydrogens is 328 g/mol. The minimum Gasteiger partial charge on any atom is -0.438 e. The van der Waals surface area contributed by atoms with Crippen LogP contribution in [0.5, 0.6) is 0 Å². The molecule has 5 nitrogen and oxygen atoms in total. The van der Waals surface area contributed by atoms with Crippen LogP contribution in [0.1, 0.15) is 55.8 Å². The number of carbonyl (C=O) groups excluding carboxylic acids is 1. The Balaban J connectivity index is 1.59. The summed E-state index contributed by atoms with van der Waals surface area (Å²) < 4.78 is 5.75. The number of para-hydroxylation sites is 1. The van der Waals surface area contributed by atoms with Crippen molar-refractivity contribution in [3.8, 4) is 0 Å². The van der Waals surface area contributed by atoms with Crippen LogP contribution in [0.2, 0.25) is 0 Å². The molecule has 4 rings (SSSR count). The number of nitrogens with zero attached hydrogens (tertiary/aromatic N) is 1. The van der Waals surface area contributed by atoms with Crippen LogP contribution in [0.4, 0.5) is 4.79 Å². The molecule has 1 atom stereocenters. The van der Waals surface area contributed by atoms with Gasteiger partial charge < -0.3 is 14.8 Å². The molecule has 26 heavy (non-hydrogen) atoms. The van der Waals surface area contributed by atoms with Crippen molar-refractivity contribution in [3.63, 3.8) is 0 Å². The van der Waals surface area contributed by atoms with Gasteiger partial charge in [0.1, 0.15) is 0 Å². The fourth-order valence-corrected chi connectivity index (χ4v) is 4.85. The molecule has 1 unspecified atom stereocenters. The van der Waals surface area contributed by atoms with E-state index < -0.39 is 11.3 Å². The number of fused-ring (bicyclic) bond motifs is 1. The second-order valence-corrected chi connectivity index (χ2v) is 8.07. The molecule has 1 aromatic heterocycles. The molecule has 1 saturated carbocycles. The number of amides is 1. The maximum Gasteiger partial charge on any atom is 0.412 e. The van der Waals surface area contributed by atoms with Gasteiger partial charge in [0.05, 0.1) is 0 Å². The standard InChI is InChI=1S/C21H28N2O3/c1-14-8-7-9-17-16(15(2)22-18(14)17)10-13-23-19(24)26-21(20(23,3)25)11-5-4-6-12-21/h7-9,22,25H,4-6,10-13H2,1-3H3. The minimum atomic E-state index is -1.25. The summed E-state index contributed by atoms with van der Waals surface area (Å²) in [7, 11) is 0. The molecule has 0 radical (unpaired) electrons. The normalized spacial score (nSPS) is 25.2. The number of ether oxygens (including phenoxy) is 1. The lowest BCUT2D eigenvalue weighted by atomic mass is 9.77. The topological polar surface area (TPSA) is 65.6 Å². The summed E-state index contributed by atoms with van der Waals surface area (Å²) in [5.41, 5.74) is 2.70. The first kappa shape index (κ1) is 17.4. The van der Waals surface area contributed by atoms with E-state index in [4.69, 9.17) is 4.74 Å². The van der Waals surface area contributed by atoms with Gasteiger partial charge in [0, 0.05) is 23.1 Å². The van der Waals surface area contributed by atoms with Crippen molar-refractivity contribution in [2.75, 3.05) is 6.54 Å². The van der Waals surface area contributed by atoms with E-state index in [0.29, 0.717) is 13.0 Å². The number of hydrogen-bond donors (Lipinski definition) is 2. The van der Waals surface area contributed by atoms with Gasteiger partial charge in [0.25, 0.3) is 0 Å². The fourth-order valence-electron chi connectivity index (χ4n) is 4.85. The van der Waals surface area contributed by atoms with Gasteiger partial charge in [0.2, 0.25) is 0 Å². The quantitative estimate of drug-likeness (QED) is 0.866. The van der Waals surface area contributed by atoms with Gasteiger partial charge in [-0.3, -0.25) is 4.90 Å². The molecule has 2 fully saturated rings. The highest BCUT2D eigenvalue weighted by Gasteiger charge is 2.61. The molecule has 0 bridgehead atoms. The summed E-state index contributed by atoms with van der Waals surface area (Å²) in [5, 5.41) is 12.4. The van der Waals surface area contributed by atoms with E-state index in [2.05, 4.69) is 37.0 Å². The molecular formula is C21H28N2O3. The molecule has 2 heterocycles. The molecule has 1 aromatic carbocycles. The van der Waals surface area contributed by atoms with Crippen LogP contribution in [0, 0.1) is 13.8 Å². The van der Waals surface area contributed by atoms with Crippen molar-refractivity contribution in [2.24, 2.45) is 0 Å². The predicted molar refractivity (Wildman–Crippen MR) is 101 cm³/mol. The van der Waals surface area contributed by atoms with Crippen molar-refractivity contribution >= 4 is 17.0 Å². The summed E-state index contributed by atoms with van der Waals surface area (Å²) >= 11 is 0. The molecule has 1 aliphatic carbocycles. The summed E-state index contributed by atoms with van der Waals surface area (Å²) in [6.07, 6.45) is 4.93. The Labute approximate surface area is 154 Å². The molecule has 1 saturated heterocycles. The van der Waals surface area contributed by atoms with Crippen molar-refractivity contribution < 1.29 is 14.6 Å². The zero-order chi connectivity index (χ0) is 18.5. The maximum absolute atomic E-state index is 12.6. The number of nitrogens with one attached hydrogen (secondary N) is 1. The van der Waals surface area contributed by atoms with E-state index in [1.54, 1.807) is 6.92 Å². The third-order valence-electron chi connectivity index (χ3n) is 6.50. The van der Waals surface area contributed by atoms with Crippen LogP contribution in [0.25, 0.3) is 10.9 Å². The van der Waals surface area contributed by atoms with Crippen molar-refractivity contribution in [3.05, 3.63) is 35.0 Å². The Morgan fingerprint density at radius 3 is 2.69 bits per heavy atom. The van der Waals surface area contributed by atoms with Crippen LogP contribution < -0.4 is 0 Å². The zero-order valence-electron chi connectivity index (χ0n) is 15.9. The number of aromatic nitrogens is 1. The number of aliphatic hydroxyl groups is 1. The summed E-state index contributed by atoms with van der Waals surface area (Å²) in [5.74, 6) is 0. The first-order valence-electron chi connectivity index (χ1n) is 9.65. The number of hydrogen-bond acceptors (Lipinski definition) is 3. The predicted octanol–water partition coefficient (Wildman–Crippen LogP) is 4.19. The Morgan fingerprint density at radius 2 is 1.96 bits per heavy atom. The number of H-pyrrole nitrogens is 1. The zero-order valence-corrected chi connectivity index (χ0v) is 15.9. The van der Waals surface area contributed by atoms with Gasteiger partial charge in [-0.15, -0.1) is 0 Å². The summed E-state index contributed by atoms with van der Waals surface area (Å²) in [4.78, 5) is 17.6. The van der Waals surface area contributed by atoms with Crippen LogP contribution >= 0.6 is 0 Å². The number of rotatable bonds is 3. The molecule has 2 N–H and O–H groups in total. The third-order valence-corrected chi connectivity index (χ3v) is 6.50. The molecule has 1 amide bonds. The lowest BCUT2D eigenvalue weighted by Gasteiger charge is -2.42. The van der Waals surface area contributed by atoms with Crippen molar-refractivity contribution in [2.45, 2.75) is 70.6 Å². The van der Waals surface area contributed by atoms with E-state index in [-0.39, 0.29) is 6.09 Å². The highest BCUT2D eigenvalue weighted by atomic mass is 16.6. The Morgan fingerprint density at radius 1 is 1.23 bits per heavy atom. The van der Waals surface area contributed by atoms with Gasteiger partial charge in [-0.25, -0.2) is 4.79 Å². The van der Waals surface area contributed by atoms with Gasteiger partial charge in [-0.05, 0) is 64.0 Å². The first-order valence-corrected chi connectivity index (χ1v) is 9.65. The van der Waals surface area contributed by atoms with Crippen molar-refractivity contribution in [1.82, 2.24) is 9.88 Å². The number of aryl methyl sites for hydroxylation is 2. The summed E-state index contributed by atoms with van der Waals surface area (Å²) in [6.45, 7) is 6.36. The number of carbonyl (C=O) groups is 1.